The van der Waals surface area contributed by atoms with E-state index in [4.69, 9.17) is 0 Å². The summed E-state index contributed by atoms with van der Waals surface area (Å²) in [6, 6.07) is 25.6. The second kappa shape index (κ2) is 5.71. The zero-order valence-corrected chi connectivity index (χ0v) is 17.8. The number of hydrogen-bond acceptors (Lipinski definition) is 0. The summed E-state index contributed by atoms with van der Waals surface area (Å²) in [7, 11) is 0. The molecule has 0 saturated heterocycles. The SMILES string of the molecule is c1ccc2c(c1)-c1c(-c3cccc4[nH]ccc34)cccc1C21C2CC3CC(C2)CC1C3. The summed E-state index contributed by atoms with van der Waals surface area (Å²) >= 11 is 0. The second-order valence-corrected chi connectivity index (χ2v) is 10.7. The minimum atomic E-state index is 0.251. The molecule has 1 spiro atoms. The van der Waals surface area contributed by atoms with Gasteiger partial charge in [0.15, 0.2) is 0 Å². The van der Waals surface area contributed by atoms with Crippen LogP contribution in [0.1, 0.15) is 43.2 Å². The van der Waals surface area contributed by atoms with E-state index in [1.165, 1.54) is 65.3 Å². The topological polar surface area (TPSA) is 15.8 Å². The van der Waals surface area contributed by atoms with Crippen LogP contribution in [0.4, 0.5) is 0 Å². The summed E-state index contributed by atoms with van der Waals surface area (Å²) in [6.45, 7) is 0. The van der Waals surface area contributed by atoms with Gasteiger partial charge in [0, 0.05) is 22.5 Å². The number of aromatic amines is 1. The first-order valence-corrected chi connectivity index (χ1v) is 12.1. The fourth-order valence-electron chi connectivity index (χ4n) is 8.75. The average Bonchev–Trinajstić information content (AvgIpc) is 3.39. The molecular weight excluding hydrogens is 374 g/mol. The molecule has 4 saturated carbocycles. The Balaban J connectivity index is 1.46. The van der Waals surface area contributed by atoms with Gasteiger partial charge in [0.05, 0.1) is 0 Å². The van der Waals surface area contributed by atoms with E-state index in [1.807, 2.05) is 0 Å². The molecule has 3 aromatic carbocycles. The van der Waals surface area contributed by atoms with Crippen molar-refractivity contribution in [3.63, 3.8) is 0 Å². The Morgan fingerprint density at radius 3 is 2.13 bits per heavy atom. The van der Waals surface area contributed by atoms with Crippen molar-refractivity contribution in [2.24, 2.45) is 23.7 Å². The monoisotopic (exact) mass is 401 g/mol. The fourth-order valence-corrected chi connectivity index (χ4v) is 8.75. The molecular formula is C30H27N. The van der Waals surface area contributed by atoms with Crippen LogP contribution in [0.2, 0.25) is 0 Å². The first-order chi connectivity index (χ1) is 15.3. The van der Waals surface area contributed by atoms with Gasteiger partial charge in [-0.25, -0.2) is 0 Å². The largest absolute Gasteiger partial charge is 0.361 e. The standard InChI is InChI=1S/C30H27N/c1-2-8-26-25(5-1)29-24(22-6-4-10-28-23(22)11-12-31-28)7-3-9-27(29)30(26)20-14-18-13-19(16-20)17-21(30)15-18/h1-12,18-21,31H,13-17H2. The van der Waals surface area contributed by atoms with Gasteiger partial charge in [-0.3, -0.25) is 0 Å². The number of nitrogens with one attached hydrogen (secondary N) is 1. The molecule has 9 rings (SSSR count). The molecule has 0 radical (unpaired) electrons. The van der Waals surface area contributed by atoms with Crippen LogP contribution in [0.15, 0.2) is 72.9 Å². The molecule has 4 bridgehead atoms. The first-order valence-electron chi connectivity index (χ1n) is 12.1. The van der Waals surface area contributed by atoms with Crippen molar-refractivity contribution in [3.8, 4) is 22.3 Å². The highest BCUT2D eigenvalue weighted by molar-refractivity contribution is 6.02. The molecule has 1 aromatic heterocycles. The number of hydrogen-bond donors (Lipinski definition) is 1. The van der Waals surface area contributed by atoms with Crippen molar-refractivity contribution in [1.29, 1.82) is 0 Å². The minimum absolute atomic E-state index is 0.251. The van der Waals surface area contributed by atoms with Crippen molar-refractivity contribution < 1.29 is 0 Å². The Hall–Kier alpha value is -2.80. The maximum Gasteiger partial charge on any atom is 0.0460 e. The average molecular weight is 402 g/mol. The molecule has 0 aliphatic heterocycles. The van der Waals surface area contributed by atoms with Gasteiger partial charge in [-0.1, -0.05) is 54.6 Å². The van der Waals surface area contributed by atoms with Gasteiger partial charge in [0.2, 0.25) is 0 Å². The van der Waals surface area contributed by atoms with Gasteiger partial charge in [0.1, 0.15) is 0 Å². The number of fused-ring (bicyclic) bond motifs is 4. The lowest BCUT2D eigenvalue weighted by Gasteiger charge is -2.61. The van der Waals surface area contributed by atoms with Crippen LogP contribution in [0.5, 0.6) is 0 Å². The third kappa shape index (κ3) is 1.95. The highest BCUT2D eigenvalue weighted by Crippen LogP contribution is 2.70. The minimum Gasteiger partial charge on any atom is -0.361 e. The Morgan fingerprint density at radius 1 is 0.613 bits per heavy atom. The molecule has 1 N–H and O–H groups in total. The molecule has 4 aromatic rings. The van der Waals surface area contributed by atoms with E-state index < -0.39 is 0 Å². The molecule has 4 fully saturated rings. The van der Waals surface area contributed by atoms with E-state index in [0.29, 0.717) is 0 Å². The number of benzene rings is 3. The molecule has 1 heteroatoms. The van der Waals surface area contributed by atoms with Crippen LogP contribution in [0.3, 0.4) is 0 Å². The lowest BCUT2D eigenvalue weighted by Crippen LogP contribution is -2.55. The summed E-state index contributed by atoms with van der Waals surface area (Å²) in [4.78, 5) is 3.42. The van der Waals surface area contributed by atoms with Crippen LogP contribution >= 0.6 is 0 Å². The second-order valence-electron chi connectivity index (χ2n) is 10.7. The normalized spacial score (nSPS) is 32.0. The zero-order valence-electron chi connectivity index (χ0n) is 17.8. The number of aromatic nitrogens is 1. The lowest BCUT2D eigenvalue weighted by atomic mass is 9.43. The van der Waals surface area contributed by atoms with Crippen molar-refractivity contribution in [1.82, 2.24) is 4.98 Å². The van der Waals surface area contributed by atoms with Crippen molar-refractivity contribution in [2.75, 3.05) is 0 Å². The van der Waals surface area contributed by atoms with Gasteiger partial charge in [-0.15, -0.1) is 0 Å². The van der Waals surface area contributed by atoms with Crippen molar-refractivity contribution in [3.05, 3.63) is 84.1 Å². The van der Waals surface area contributed by atoms with E-state index >= 15 is 0 Å². The van der Waals surface area contributed by atoms with Crippen LogP contribution in [-0.4, -0.2) is 4.98 Å². The van der Waals surface area contributed by atoms with Gasteiger partial charge >= 0.3 is 0 Å². The van der Waals surface area contributed by atoms with Gasteiger partial charge < -0.3 is 4.98 Å². The quantitative estimate of drug-likeness (QED) is 0.339. The molecule has 0 amide bonds. The Labute approximate surface area is 183 Å². The van der Waals surface area contributed by atoms with E-state index in [1.54, 1.807) is 11.1 Å². The van der Waals surface area contributed by atoms with Gasteiger partial charge in [-0.05, 0) is 101 Å². The van der Waals surface area contributed by atoms with Crippen LogP contribution < -0.4 is 0 Å². The van der Waals surface area contributed by atoms with E-state index in [2.05, 4.69) is 77.9 Å². The van der Waals surface area contributed by atoms with E-state index in [0.717, 1.165) is 23.7 Å². The third-order valence-corrected chi connectivity index (χ3v) is 9.46. The Morgan fingerprint density at radius 2 is 1.29 bits per heavy atom. The Bertz CT molecular complexity index is 1330. The predicted molar refractivity (Wildman–Crippen MR) is 127 cm³/mol. The number of rotatable bonds is 1. The van der Waals surface area contributed by atoms with E-state index in [9.17, 15) is 0 Å². The van der Waals surface area contributed by atoms with Crippen molar-refractivity contribution >= 4 is 10.9 Å². The summed E-state index contributed by atoms with van der Waals surface area (Å²) < 4.78 is 0. The summed E-state index contributed by atoms with van der Waals surface area (Å²) in [5, 5.41) is 1.33. The molecule has 0 unspecified atom stereocenters. The lowest BCUT2D eigenvalue weighted by molar-refractivity contribution is -0.0399. The summed E-state index contributed by atoms with van der Waals surface area (Å²) in [6.07, 6.45) is 9.35. The molecule has 152 valence electrons. The fraction of sp³-hybridized carbons (Fsp3) is 0.333. The molecule has 5 aliphatic carbocycles. The van der Waals surface area contributed by atoms with Crippen LogP contribution in [0.25, 0.3) is 33.2 Å². The van der Waals surface area contributed by atoms with Crippen molar-refractivity contribution in [2.45, 2.75) is 37.5 Å². The molecule has 5 aliphatic rings. The number of H-pyrrole nitrogens is 1. The maximum atomic E-state index is 3.42. The van der Waals surface area contributed by atoms with Crippen LogP contribution in [-0.2, 0) is 5.41 Å². The summed E-state index contributed by atoms with van der Waals surface area (Å²) in [5.41, 5.74) is 10.6. The molecule has 1 nitrogen and oxygen atoms in total. The Kier molecular flexibility index (Phi) is 3.10. The van der Waals surface area contributed by atoms with E-state index in [-0.39, 0.29) is 5.41 Å². The first kappa shape index (κ1) is 16.8. The highest BCUT2D eigenvalue weighted by atomic mass is 14.7. The zero-order chi connectivity index (χ0) is 20.2. The molecule has 1 heterocycles. The third-order valence-electron chi connectivity index (χ3n) is 9.46. The van der Waals surface area contributed by atoms with Gasteiger partial charge in [0.25, 0.3) is 0 Å². The molecule has 0 atom stereocenters. The highest BCUT2D eigenvalue weighted by Gasteiger charge is 2.61. The smallest absolute Gasteiger partial charge is 0.0460 e. The molecule has 31 heavy (non-hydrogen) atoms. The summed E-state index contributed by atoms with van der Waals surface area (Å²) in [5.74, 6) is 3.62. The van der Waals surface area contributed by atoms with Gasteiger partial charge in [-0.2, -0.15) is 0 Å². The predicted octanol–water partition coefficient (Wildman–Crippen LogP) is 7.56. The van der Waals surface area contributed by atoms with Crippen LogP contribution in [0, 0.1) is 23.7 Å². The maximum absolute atomic E-state index is 3.42.